The molecule has 2 rings (SSSR count). The molecular formula is C10H11N5O2S2. The van der Waals surface area contributed by atoms with E-state index in [1.807, 2.05) is 0 Å². The van der Waals surface area contributed by atoms with Crippen molar-refractivity contribution in [2.45, 2.75) is 4.90 Å². The van der Waals surface area contributed by atoms with Gasteiger partial charge >= 0.3 is 0 Å². The fourth-order valence-electron chi connectivity index (χ4n) is 1.47. The van der Waals surface area contributed by atoms with E-state index in [2.05, 4.69) is 14.8 Å². The van der Waals surface area contributed by atoms with E-state index in [1.54, 1.807) is 25.2 Å². The molecule has 1 aromatic carbocycles. The maximum atomic E-state index is 12.3. The molecule has 1 aromatic heterocycles. The van der Waals surface area contributed by atoms with Crippen molar-refractivity contribution in [3.63, 3.8) is 0 Å². The molecule has 7 nitrogen and oxygen atoms in total. The van der Waals surface area contributed by atoms with Crippen LogP contribution in [0.2, 0.25) is 0 Å². The Morgan fingerprint density at radius 1 is 1.42 bits per heavy atom. The highest BCUT2D eigenvalue weighted by atomic mass is 32.2. The van der Waals surface area contributed by atoms with Crippen molar-refractivity contribution in [3.8, 4) is 0 Å². The van der Waals surface area contributed by atoms with Gasteiger partial charge in [0, 0.05) is 12.6 Å². The van der Waals surface area contributed by atoms with E-state index in [4.69, 9.17) is 18.0 Å². The van der Waals surface area contributed by atoms with Crippen LogP contribution >= 0.6 is 12.2 Å². The van der Waals surface area contributed by atoms with E-state index in [1.165, 1.54) is 17.1 Å². The summed E-state index contributed by atoms with van der Waals surface area (Å²) in [5.41, 5.74) is 5.80. The van der Waals surface area contributed by atoms with Crippen LogP contribution < -0.4 is 10.5 Å². The second kappa shape index (κ2) is 4.94. The van der Waals surface area contributed by atoms with Crippen LogP contribution in [-0.4, -0.2) is 28.2 Å². The zero-order valence-corrected chi connectivity index (χ0v) is 11.6. The van der Waals surface area contributed by atoms with E-state index in [-0.39, 0.29) is 21.4 Å². The molecule has 0 aliphatic carbocycles. The van der Waals surface area contributed by atoms with E-state index < -0.39 is 10.0 Å². The summed E-state index contributed by atoms with van der Waals surface area (Å²) in [7, 11) is -2.25. The lowest BCUT2D eigenvalue weighted by Crippen LogP contribution is -2.21. The molecule has 0 bridgehead atoms. The average molecular weight is 297 g/mol. The van der Waals surface area contributed by atoms with Crippen molar-refractivity contribution >= 4 is 33.2 Å². The largest absolute Gasteiger partial charge is 0.389 e. The van der Waals surface area contributed by atoms with Crippen molar-refractivity contribution < 1.29 is 8.42 Å². The molecule has 2 aromatic rings. The zero-order valence-electron chi connectivity index (χ0n) is 9.94. The number of anilines is 1. The molecule has 100 valence electrons. The number of nitrogens with zero attached hydrogens (tertiary/aromatic N) is 3. The van der Waals surface area contributed by atoms with E-state index in [0.29, 0.717) is 0 Å². The molecule has 0 radical (unpaired) electrons. The van der Waals surface area contributed by atoms with Crippen LogP contribution in [-0.2, 0) is 17.1 Å². The van der Waals surface area contributed by atoms with E-state index in [0.717, 1.165) is 0 Å². The van der Waals surface area contributed by atoms with Gasteiger partial charge < -0.3 is 5.73 Å². The number of nitrogens with two attached hydrogens (primary N) is 1. The summed E-state index contributed by atoms with van der Waals surface area (Å²) in [6.45, 7) is 0. The number of thiocarbonyl (C=S) groups is 1. The van der Waals surface area contributed by atoms with Crippen LogP contribution in [0.25, 0.3) is 0 Å². The fourth-order valence-corrected chi connectivity index (χ4v) is 2.97. The maximum Gasteiger partial charge on any atom is 0.264 e. The molecule has 0 aliphatic rings. The van der Waals surface area contributed by atoms with Crippen molar-refractivity contribution in [2.24, 2.45) is 12.8 Å². The number of hydrogen-bond donors (Lipinski definition) is 2. The predicted octanol–water partition coefficient (Wildman–Crippen LogP) is 0.250. The van der Waals surface area contributed by atoms with Crippen LogP contribution in [0, 0.1) is 0 Å². The first kappa shape index (κ1) is 13.4. The average Bonchev–Trinajstić information content (AvgIpc) is 2.74. The molecule has 19 heavy (non-hydrogen) atoms. The molecule has 0 atom stereocenters. The number of sulfonamides is 1. The Morgan fingerprint density at radius 2 is 2.11 bits per heavy atom. The molecule has 0 saturated carbocycles. The Balaban J connectivity index is 2.46. The van der Waals surface area contributed by atoms with Crippen LogP contribution in [0.15, 0.2) is 35.5 Å². The number of rotatable bonds is 4. The van der Waals surface area contributed by atoms with Crippen LogP contribution in [0.1, 0.15) is 5.56 Å². The topological polar surface area (TPSA) is 103 Å². The fraction of sp³-hybridized carbons (Fsp3) is 0.100. The minimum atomic E-state index is -3.82. The van der Waals surface area contributed by atoms with E-state index in [9.17, 15) is 8.42 Å². The van der Waals surface area contributed by atoms with Gasteiger partial charge in [-0.05, 0) is 6.07 Å². The summed E-state index contributed by atoms with van der Waals surface area (Å²) < 4.78 is 28.2. The smallest absolute Gasteiger partial charge is 0.264 e. The molecule has 0 fully saturated rings. The number of nitrogens with one attached hydrogen (secondary N) is 1. The second-order valence-corrected chi connectivity index (χ2v) is 5.76. The van der Waals surface area contributed by atoms with Gasteiger partial charge in [0.05, 0.1) is 4.90 Å². The van der Waals surface area contributed by atoms with Gasteiger partial charge in [0.25, 0.3) is 10.0 Å². The summed E-state index contributed by atoms with van der Waals surface area (Å²) in [6.07, 6.45) is 1.25. The standard InChI is InChI=1S/C10H11N5O2S2/c1-15-10(12-6-13-15)14-19(16,17)8-5-3-2-4-7(8)9(11)18/h2-6H,1H3,(H2,11,18)(H,12,13,14). The Labute approximate surface area is 115 Å². The van der Waals surface area contributed by atoms with E-state index >= 15 is 0 Å². The highest BCUT2D eigenvalue weighted by Gasteiger charge is 2.21. The highest BCUT2D eigenvalue weighted by molar-refractivity contribution is 7.93. The first-order chi connectivity index (χ1) is 8.92. The van der Waals surface area contributed by atoms with Gasteiger partial charge in [0.2, 0.25) is 5.95 Å². The van der Waals surface area contributed by atoms with Crippen molar-refractivity contribution in [1.29, 1.82) is 0 Å². The molecule has 3 N–H and O–H groups in total. The molecule has 1 heterocycles. The molecule has 0 spiro atoms. The SMILES string of the molecule is Cn1ncnc1NS(=O)(=O)c1ccccc1C(N)=S. The number of benzene rings is 1. The van der Waals surface area contributed by atoms with Crippen LogP contribution in [0.5, 0.6) is 0 Å². The Hall–Kier alpha value is -2.00. The molecular weight excluding hydrogens is 286 g/mol. The Kier molecular flexibility index (Phi) is 3.49. The Morgan fingerprint density at radius 3 is 2.68 bits per heavy atom. The van der Waals surface area contributed by atoms with Crippen LogP contribution in [0.3, 0.4) is 0 Å². The lowest BCUT2D eigenvalue weighted by Gasteiger charge is -2.10. The number of aryl methyl sites for hydroxylation is 1. The predicted molar refractivity (Wildman–Crippen MR) is 74.1 cm³/mol. The third-order valence-electron chi connectivity index (χ3n) is 2.38. The van der Waals surface area contributed by atoms with Crippen LogP contribution in [0.4, 0.5) is 5.95 Å². The minimum Gasteiger partial charge on any atom is -0.389 e. The molecule has 0 unspecified atom stereocenters. The van der Waals surface area contributed by atoms with Gasteiger partial charge in [0.1, 0.15) is 11.3 Å². The second-order valence-electron chi connectivity index (χ2n) is 3.67. The normalized spacial score (nSPS) is 11.2. The van der Waals surface area contributed by atoms with Gasteiger partial charge in [-0.3, -0.25) is 0 Å². The zero-order chi connectivity index (χ0) is 14.0. The molecule has 0 saturated heterocycles. The summed E-state index contributed by atoms with van der Waals surface area (Å²) in [4.78, 5) is 3.82. The first-order valence-electron chi connectivity index (χ1n) is 5.17. The monoisotopic (exact) mass is 297 g/mol. The van der Waals surface area contributed by atoms with Crippen molar-refractivity contribution in [1.82, 2.24) is 14.8 Å². The molecule has 9 heteroatoms. The van der Waals surface area contributed by atoms with Gasteiger partial charge in [-0.2, -0.15) is 10.1 Å². The third-order valence-corrected chi connectivity index (χ3v) is 3.99. The van der Waals surface area contributed by atoms with Gasteiger partial charge in [-0.1, -0.05) is 30.4 Å². The minimum absolute atomic E-state index is 0.00509. The van der Waals surface area contributed by atoms with Gasteiger partial charge in [-0.25, -0.2) is 17.8 Å². The number of hydrogen-bond acceptors (Lipinski definition) is 5. The third kappa shape index (κ3) is 2.71. The van der Waals surface area contributed by atoms with Crippen molar-refractivity contribution in [2.75, 3.05) is 4.72 Å². The lowest BCUT2D eigenvalue weighted by atomic mass is 10.2. The summed E-state index contributed by atoms with van der Waals surface area (Å²) in [5, 5.41) is 3.78. The first-order valence-corrected chi connectivity index (χ1v) is 7.06. The quantitative estimate of drug-likeness (QED) is 0.784. The van der Waals surface area contributed by atoms with Gasteiger partial charge in [0.15, 0.2) is 0 Å². The summed E-state index contributed by atoms with van der Waals surface area (Å²) in [5.74, 6) is 0.109. The highest BCUT2D eigenvalue weighted by Crippen LogP contribution is 2.18. The summed E-state index contributed by atoms with van der Waals surface area (Å²) in [6, 6.07) is 6.23. The van der Waals surface area contributed by atoms with Crippen molar-refractivity contribution in [3.05, 3.63) is 36.2 Å². The van der Waals surface area contributed by atoms with Gasteiger partial charge in [-0.15, -0.1) is 0 Å². The lowest BCUT2D eigenvalue weighted by molar-refractivity contribution is 0.600. The number of aromatic nitrogens is 3. The summed E-state index contributed by atoms with van der Waals surface area (Å²) >= 11 is 4.84. The molecule has 0 aliphatic heterocycles. The Bertz CT molecular complexity index is 723. The molecule has 0 amide bonds. The maximum absolute atomic E-state index is 12.3.